The van der Waals surface area contributed by atoms with Gasteiger partial charge in [-0.3, -0.25) is 4.90 Å². The van der Waals surface area contributed by atoms with Crippen LogP contribution in [-0.4, -0.2) is 41.3 Å². The van der Waals surface area contributed by atoms with E-state index in [-0.39, 0.29) is 11.9 Å². The number of hydrogen-bond donors (Lipinski definition) is 2. The lowest BCUT2D eigenvalue weighted by molar-refractivity contribution is 0.0540. The van der Waals surface area contributed by atoms with E-state index in [0.717, 1.165) is 24.9 Å². The van der Waals surface area contributed by atoms with E-state index in [2.05, 4.69) is 11.8 Å². The highest BCUT2D eigenvalue weighted by Crippen LogP contribution is 2.31. The zero-order valence-corrected chi connectivity index (χ0v) is 15.4. The Bertz CT molecular complexity index is 676. The highest BCUT2D eigenvalue weighted by atomic mass is 19.1. The molecule has 26 heavy (non-hydrogen) atoms. The second-order valence-corrected chi connectivity index (χ2v) is 7.54. The van der Waals surface area contributed by atoms with Gasteiger partial charge in [0.1, 0.15) is 5.82 Å². The van der Waals surface area contributed by atoms with Crippen molar-refractivity contribution in [3.63, 3.8) is 0 Å². The molecule has 3 N–H and O–H groups in total. The van der Waals surface area contributed by atoms with E-state index >= 15 is 0 Å². The van der Waals surface area contributed by atoms with Crippen LogP contribution in [0.5, 0.6) is 0 Å². The van der Waals surface area contributed by atoms with Crippen LogP contribution < -0.4 is 5.73 Å². The van der Waals surface area contributed by atoms with Gasteiger partial charge in [-0.05, 0) is 61.9 Å². The lowest BCUT2D eigenvalue weighted by Crippen LogP contribution is -2.49. The number of aliphatic hydroxyl groups excluding tert-OH is 1. The molecule has 0 aliphatic carbocycles. The molecule has 2 aromatic carbocycles. The normalized spacial score (nSPS) is 23.5. The molecule has 140 valence electrons. The van der Waals surface area contributed by atoms with Crippen LogP contribution in [0.1, 0.15) is 36.8 Å². The molecule has 0 aromatic heterocycles. The molecule has 1 saturated heterocycles. The summed E-state index contributed by atoms with van der Waals surface area (Å²) in [5.41, 5.74) is 8.59. The van der Waals surface area contributed by atoms with Crippen LogP contribution in [0.2, 0.25) is 0 Å². The van der Waals surface area contributed by atoms with Crippen LogP contribution in [0.3, 0.4) is 0 Å². The van der Waals surface area contributed by atoms with E-state index in [0.29, 0.717) is 24.9 Å². The van der Waals surface area contributed by atoms with Crippen LogP contribution in [0.4, 0.5) is 4.39 Å². The smallest absolute Gasteiger partial charge is 0.123 e. The van der Waals surface area contributed by atoms with E-state index in [1.54, 1.807) is 12.1 Å². The van der Waals surface area contributed by atoms with Gasteiger partial charge in [-0.25, -0.2) is 4.39 Å². The summed E-state index contributed by atoms with van der Waals surface area (Å²) in [5, 5.41) is 10.6. The largest absolute Gasteiger partial charge is 0.390 e. The molecule has 4 atom stereocenters. The van der Waals surface area contributed by atoms with E-state index in [1.807, 2.05) is 42.5 Å². The summed E-state index contributed by atoms with van der Waals surface area (Å²) in [7, 11) is 0. The Kier molecular flexibility index (Phi) is 6.41. The minimum Gasteiger partial charge on any atom is -0.390 e. The molecule has 0 spiro atoms. The summed E-state index contributed by atoms with van der Waals surface area (Å²) in [6, 6.07) is 17.0. The molecule has 4 unspecified atom stereocenters. The Morgan fingerprint density at radius 2 is 1.85 bits per heavy atom. The number of nitrogens with zero attached hydrogens (tertiary/aromatic N) is 1. The number of hydrogen-bond acceptors (Lipinski definition) is 3. The molecule has 3 nitrogen and oxygen atoms in total. The number of benzene rings is 2. The average molecular weight is 356 g/mol. The summed E-state index contributed by atoms with van der Waals surface area (Å²) < 4.78 is 13.1. The molecule has 0 saturated carbocycles. The minimum atomic E-state index is -0.542. The molecule has 0 amide bonds. The Labute approximate surface area is 155 Å². The van der Waals surface area contributed by atoms with E-state index in [1.165, 1.54) is 5.56 Å². The first-order chi connectivity index (χ1) is 12.5. The fraction of sp³-hybridized carbons (Fsp3) is 0.455. The van der Waals surface area contributed by atoms with E-state index < -0.39 is 6.10 Å². The Morgan fingerprint density at radius 3 is 2.50 bits per heavy atom. The van der Waals surface area contributed by atoms with Crippen LogP contribution in [-0.2, 0) is 6.42 Å². The quantitative estimate of drug-likeness (QED) is 0.835. The lowest BCUT2D eigenvalue weighted by atomic mass is 9.85. The highest BCUT2D eigenvalue weighted by Gasteiger charge is 2.29. The predicted octanol–water partition coefficient (Wildman–Crippen LogP) is 3.32. The van der Waals surface area contributed by atoms with E-state index in [4.69, 9.17) is 5.73 Å². The zero-order chi connectivity index (χ0) is 18.5. The van der Waals surface area contributed by atoms with Gasteiger partial charge in [0, 0.05) is 18.6 Å². The predicted molar refractivity (Wildman–Crippen MR) is 104 cm³/mol. The lowest BCUT2D eigenvalue weighted by Gasteiger charge is -2.39. The van der Waals surface area contributed by atoms with Crippen LogP contribution in [0, 0.1) is 5.82 Å². The molecule has 0 radical (unpaired) electrons. The van der Waals surface area contributed by atoms with Gasteiger partial charge >= 0.3 is 0 Å². The molecule has 0 bridgehead atoms. The summed E-state index contributed by atoms with van der Waals surface area (Å²) >= 11 is 0. The molecular weight excluding hydrogens is 327 g/mol. The van der Waals surface area contributed by atoms with Crippen molar-refractivity contribution in [2.75, 3.05) is 13.1 Å². The van der Waals surface area contributed by atoms with Crippen LogP contribution in [0.25, 0.3) is 0 Å². The van der Waals surface area contributed by atoms with Crippen molar-refractivity contribution in [2.24, 2.45) is 5.73 Å². The summed E-state index contributed by atoms with van der Waals surface area (Å²) in [4.78, 5) is 2.33. The van der Waals surface area contributed by atoms with Crippen LogP contribution in [0.15, 0.2) is 54.6 Å². The molecule has 4 heteroatoms. The maximum Gasteiger partial charge on any atom is 0.123 e. The first-order valence-corrected chi connectivity index (χ1v) is 9.50. The molecular formula is C22H29FN2O. The van der Waals surface area contributed by atoms with Gasteiger partial charge in [-0.2, -0.15) is 0 Å². The average Bonchev–Trinajstić information content (AvgIpc) is 2.64. The fourth-order valence-electron chi connectivity index (χ4n) is 3.93. The topological polar surface area (TPSA) is 49.5 Å². The van der Waals surface area contributed by atoms with Crippen molar-refractivity contribution < 1.29 is 9.50 Å². The third kappa shape index (κ3) is 4.91. The molecule has 1 aliphatic heterocycles. The maximum atomic E-state index is 13.1. The Hall–Kier alpha value is -1.75. The van der Waals surface area contributed by atoms with Crippen molar-refractivity contribution in [1.82, 2.24) is 4.90 Å². The molecule has 1 heterocycles. The van der Waals surface area contributed by atoms with Gasteiger partial charge in [0.2, 0.25) is 0 Å². The number of halogens is 1. The van der Waals surface area contributed by atoms with Crippen molar-refractivity contribution >= 4 is 0 Å². The Morgan fingerprint density at radius 1 is 1.15 bits per heavy atom. The number of β-amino-alcohol motifs (C(OH)–C–C–N with tert-alkyl or cyclic N) is 1. The zero-order valence-electron chi connectivity index (χ0n) is 15.4. The second-order valence-electron chi connectivity index (χ2n) is 7.54. The Balaban J connectivity index is 1.52. The molecule has 1 fully saturated rings. The molecule has 2 aromatic rings. The minimum absolute atomic E-state index is 0.185. The van der Waals surface area contributed by atoms with Crippen molar-refractivity contribution in [1.29, 1.82) is 0 Å². The number of nitrogens with two attached hydrogens (primary N) is 1. The fourth-order valence-corrected chi connectivity index (χ4v) is 3.93. The summed E-state index contributed by atoms with van der Waals surface area (Å²) in [5.74, 6) is 0.270. The molecule has 3 rings (SSSR count). The second kappa shape index (κ2) is 8.76. The van der Waals surface area contributed by atoms with Gasteiger partial charge < -0.3 is 10.8 Å². The van der Waals surface area contributed by atoms with Gasteiger partial charge in [-0.15, -0.1) is 0 Å². The standard InChI is InChI=1S/C22H29FN2O/c1-16-13-19(18-7-9-20(23)10-8-18)11-12-25(16)15-22(26)21(24)14-17-5-3-2-4-6-17/h2-10,16,19,21-22,26H,11-15,24H2,1H3. The first kappa shape index (κ1) is 19.0. The third-order valence-corrected chi connectivity index (χ3v) is 5.59. The van der Waals surface area contributed by atoms with Gasteiger partial charge in [0.25, 0.3) is 0 Å². The van der Waals surface area contributed by atoms with Gasteiger partial charge in [0.05, 0.1) is 6.10 Å². The highest BCUT2D eigenvalue weighted by molar-refractivity contribution is 5.21. The van der Waals surface area contributed by atoms with Crippen molar-refractivity contribution in [3.05, 3.63) is 71.5 Å². The summed E-state index contributed by atoms with van der Waals surface area (Å²) in [6.45, 7) is 3.73. The number of piperidine rings is 1. The monoisotopic (exact) mass is 356 g/mol. The van der Waals surface area contributed by atoms with Crippen molar-refractivity contribution in [2.45, 2.75) is 50.3 Å². The number of likely N-dealkylation sites (tertiary alicyclic amines) is 1. The molecule has 1 aliphatic rings. The van der Waals surface area contributed by atoms with E-state index in [9.17, 15) is 9.50 Å². The maximum absolute atomic E-state index is 13.1. The SMILES string of the molecule is CC1CC(c2ccc(F)cc2)CCN1CC(O)C(N)Cc1ccccc1. The van der Waals surface area contributed by atoms with Crippen LogP contribution >= 0.6 is 0 Å². The first-order valence-electron chi connectivity index (χ1n) is 9.50. The van der Waals surface area contributed by atoms with Crippen molar-refractivity contribution in [3.8, 4) is 0 Å². The number of aliphatic hydroxyl groups is 1. The van der Waals surface area contributed by atoms with Gasteiger partial charge in [-0.1, -0.05) is 42.5 Å². The number of rotatable bonds is 6. The third-order valence-electron chi connectivity index (χ3n) is 5.59. The summed E-state index contributed by atoms with van der Waals surface area (Å²) in [6.07, 6.45) is 2.19. The van der Waals surface area contributed by atoms with Gasteiger partial charge in [0.15, 0.2) is 0 Å².